The van der Waals surface area contributed by atoms with Gasteiger partial charge in [-0.05, 0) is 50.0 Å². The van der Waals surface area contributed by atoms with E-state index in [0.717, 1.165) is 24.4 Å². The van der Waals surface area contributed by atoms with E-state index in [-0.39, 0.29) is 0 Å². The van der Waals surface area contributed by atoms with Crippen molar-refractivity contribution in [2.24, 2.45) is 5.92 Å². The minimum Gasteiger partial charge on any atom is -0.497 e. The Bertz CT molecular complexity index is 344. The largest absolute Gasteiger partial charge is 0.497 e. The Balaban J connectivity index is 2.50. The highest BCUT2D eigenvalue weighted by Crippen LogP contribution is 2.25. The van der Waals surface area contributed by atoms with Crippen molar-refractivity contribution in [2.45, 2.75) is 32.8 Å². The average Bonchev–Trinajstić information content (AvgIpc) is 2.34. The highest BCUT2D eigenvalue weighted by atomic mass is 16.5. The van der Waals surface area contributed by atoms with E-state index in [4.69, 9.17) is 4.74 Å². The standard InChI is InChI=1S/C15H25NO2/c1-12(2)11-16-10-9-15(3,17)13-5-7-14(18-4)8-6-13/h5-8,12,16-17H,9-11H2,1-4H3. The van der Waals surface area contributed by atoms with Crippen LogP contribution in [0.4, 0.5) is 0 Å². The zero-order valence-electron chi connectivity index (χ0n) is 11.9. The van der Waals surface area contributed by atoms with Gasteiger partial charge >= 0.3 is 0 Å². The van der Waals surface area contributed by atoms with Crippen molar-refractivity contribution in [2.75, 3.05) is 20.2 Å². The molecular weight excluding hydrogens is 226 g/mol. The normalized spacial score (nSPS) is 14.6. The molecule has 0 amide bonds. The van der Waals surface area contributed by atoms with Crippen molar-refractivity contribution < 1.29 is 9.84 Å². The number of rotatable bonds is 7. The van der Waals surface area contributed by atoms with Crippen LogP contribution in [-0.2, 0) is 5.60 Å². The van der Waals surface area contributed by atoms with Crippen LogP contribution in [0.2, 0.25) is 0 Å². The summed E-state index contributed by atoms with van der Waals surface area (Å²) in [6, 6.07) is 7.60. The van der Waals surface area contributed by atoms with Crippen LogP contribution in [-0.4, -0.2) is 25.3 Å². The molecule has 1 aromatic rings. The van der Waals surface area contributed by atoms with Gasteiger partial charge in [-0.25, -0.2) is 0 Å². The molecule has 0 heterocycles. The molecule has 0 aromatic heterocycles. The molecule has 0 saturated heterocycles. The fourth-order valence-corrected chi connectivity index (χ4v) is 1.82. The Hall–Kier alpha value is -1.06. The van der Waals surface area contributed by atoms with Gasteiger partial charge in [0.05, 0.1) is 12.7 Å². The van der Waals surface area contributed by atoms with Gasteiger partial charge in [0.25, 0.3) is 0 Å². The van der Waals surface area contributed by atoms with E-state index in [9.17, 15) is 5.11 Å². The first-order chi connectivity index (χ1) is 8.45. The highest BCUT2D eigenvalue weighted by molar-refractivity contribution is 5.30. The first-order valence-electron chi connectivity index (χ1n) is 6.53. The third-order valence-corrected chi connectivity index (χ3v) is 3.05. The summed E-state index contributed by atoms with van der Waals surface area (Å²) < 4.78 is 5.11. The molecule has 18 heavy (non-hydrogen) atoms. The van der Waals surface area contributed by atoms with Gasteiger partial charge in [0.15, 0.2) is 0 Å². The van der Waals surface area contributed by atoms with Gasteiger partial charge in [-0.1, -0.05) is 26.0 Å². The SMILES string of the molecule is COc1ccc(C(C)(O)CCNCC(C)C)cc1. The molecule has 2 N–H and O–H groups in total. The summed E-state index contributed by atoms with van der Waals surface area (Å²) >= 11 is 0. The Morgan fingerprint density at radius 2 is 1.89 bits per heavy atom. The maximum absolute atomic E-state index is 10.4. The lowest BCUT2D eigenvalue weighted by atomic mass is 9.92. The van der Waals surface area contributed by atoms with E-state index in [1.165, 1.54) is 0 Å². The van der Waals surface area contributed by atoms with Crippen LogP contribution in [0, 0.1) is 5.92 Å². The summed E-state index contributed by atoms with van der Waals surface area (Å²) in [7, 11) is 1.64. The number of benzene rings is 1. The van der Waals surface area contributed by atoms with Gasteiger partial charge in [-0.2, -0.15) is 0 Å². The number of methoxy groups -OCH3 is 1. The fourth-order valence-electron chi connectivity index (χ4n) is 1.82. The van der Waals surface area contributed by atoms with Gasteiger partial charge in [0, 0.05) is 0 Å². The van der Waals surface area contributed by atoms with Crippen LogP contribution in [0.5, 0.6) is 5.75 Å². The average molecular weight is 251 g/mol. The van der Waals surface area contributed by atoms with Gasteiger partial charge < -0.3 is 15.2 Å². The van der Waals surface area contributed by atoms with Gasteiger partial charge in [0.2, 0.25) is 0 Å². The molecule has 3 nitrogen and oxygen atoms in total. The minimum atomic E-state index is -0.795. The predicted octanol–water partition coefficient (Wildman–Crippen LogP) is 2.54. The van der Waals surface area contributed by atoms with Gasteiger partial charge in [0.1, 0.15) is 5.75 Å². The summed E-state index contributed by atoms with van der Waals surface area (Å²) in [5.41, 5.74) is 0.130. The van der Waals surface area contributed by atoms with Crippen molar-refractivity contribution in [3.63, 3.8) is 0 Å². The van der Waals surface area contributed by atoms with Crippen LogP contribution in [0.3, 0.4) is 0 Å². The summed E-state index contributed by atoms with van der Waals surface area (Å²) in [5, 5.41) is 13.8. The Morgan fingerprint density at radius 1 is 1.28 bits per heavy atom. The lowest BCUT2D eigenvalue weighted by Crippen LogP contribution is -2.29. The summed E-state index contributed by atoms with van der Waals surface area (Å²) in [5.74, 6) is 1.45. The molecule has 0 aliphatic heterocycles. The molecule has 1 atom stereocenters. The third kappa shape index (κ3) is 4.67. The Morgan fingerprint density at radius 3 is 2.39 bits per heavy atom. The first kappa shape index (κ1) is 15.0. The van der Waals surface area contributed by atoms with Crippen LogP contribution in [0.15, 0.2) is 24.3 Å². The number of hydrogen-bond acceptors (Lipinski definition) is 3. The molecule has 0 radical (unpaired) electrons. The van der Waals surface area contributed by atoms with E-state index in [0.29, 0.717) is 12.3 Å². The molecule has 1 aromatic carbocycles. The fraction of sp³-hybridized carbons (Fsp3) is 0.600. The second-order valence-corrected chi connectivity index (χ2v) is 5.35. The van der Waals surface area contributed by atoms with Crippen molar-refractivity contribution in [1.29, 1.82) is 0 Å². The lowest BCUT2D eigenvalue weighted by molar-refractivity contribution is 0.0478. The molecule has 0 fully saturated rings. The molecule has 1 rings (SSSR count). The maximum atomic E-state index is 10.4. The van der Waals surface area contributed by atoms with Crippen molar-refractivity contribution >= 4 is 0 Å². The topological polar surface area (TPSA) is 41.5 Å². The van der Waals surface area contributed by atoms with E-state index in [1.54, 1.807) is 7.11 Å². The predicted molar refractivity (Wildman–Crippen MR) is 74.9 cm³/mol. The van der Waals surface area contributed by atoms with Crippen LogP contribution >= 0.6 is 0 Å². The Kier molecular flexibility index (Phi) is 5.63. The van der Waals surface area contributed by atoms with Gasteiger partial charge in [-0.15, -0.1) is 0 Å². The van der Waals surface area contributed by atoms with E-state index in [1.807, 2.05) is 31.2 Å². The van der Waals surface area contributed by atoms with Crippen LogP contribution in [0.25, 0.3) is 0 Å². The number of nitrogens with one attached hydrogen (secondary N) is 1. The molecule has 102 valence electrons. The van der Waals surface area contributed by atoms with Crippen LogP contribution < -0.4 is 10.1 Å². The monoisotopic (exact) mass is 251 g/mol. The smallest absolute Gasteiger partial charge is 0.118 e. The molecule has 3 heteroatoms. The maximum Gasteiger partial charge on any atom is 0.118 e. The van der Waals surface area contributed by atoms with E-state index >= 15 is 0 Å². The summed E-state index contributed by atoms with van der Waals surface area (Å²) in [4.78, 5) is 0. The quantitative estimate of drug-likeness (QED) is 0.732. The van der Waals surface area contributed by atoms with Crippen molar-refractivity contribution in [3.8, 4) is 5.75 Å². The molecule has 1 unspecified atom stereocenters. The molecule has 0 aliphatic rings. The first-order valence-corrected chi connectivity index (χ1v) is 6.53. The second-order valence-electron chi connectivity index (χ2n) is 5.35. The van der Waals surface area contributed by atoms with Gasteiger partial charge in [-0.3, -0.25) is 0 Å². The molecular formula is C15H25NO2. The molecule has 0 spiro atoms. The molecule has 0 bridgehead atoms. The second kappa shape index (κ2) is 6.76. The lowest BCUT2D eigenvalue weighted by Gasteiger charge is -2.24. The zero-order chi connectivity index (χ0) is 13.6. The number of hydrogen-bond donors (Lipinski definition) is 2. The Labute approximate surface area is 110 Å². The van der Waals surface area contributed by atoms with E-state index < -0.39 is 5.60 Å². The van der Waals surface area contributed by atoms with Crippen molar-refractivity contribution in [3.05, 3.63) is 29.8 Å². The van der Waals surface area contributed by atoms with Crippen molar-refractivity contribution in [1.82, 2.24) is 5.32 Å². The molecule has 0 saturated carbocycles. The third-order valence-electron chi connectivity index (χ3n) is 3.05. The zero-order valence-corrected chi connectivity index (χ0v) is 11.9. The summed E-state index contributed by atoms with van der Waals surface area (Å²) in [6.45, 7) is 8.00. The minimum absolute atomic E-state index is 0.635. The van der Waals surface area contributed by atoms with E-state index in [2.05, 4.69) is 19.2 Å². The van der Waals surface area contributed by atoms with Crippen LogP contribution in [0.1, 0.15) is 32.8 Å². The number of aliphatic hydroxyl groups is 1. The summed E-state index contributed by atoms with van der Waals surface area (Å²) in [6.07, 6.45) is 0.700. The highest BCUT2D eigenvalue weighted by Gasteiger charge is 2.22. The number of ether oxygens (including phenoxy) is 1. The molecule has 0 aliphatic carbocycles.